The number of amides is 1. The molecule has 7 nitrogen and oxygen atoms in total. The van der Waals surface area contributed by atoms with Gasteiger partial charge in [-0.1, -0.05) is 17.3 Å². The molecule has 0 aromatic heterocycles. The number of hydrogen-bond donors (Lipinski definition) is 0. The quantitative estimate of drug-likeness (QED) is 0.477. The van der Waals surface area contributed by atoms with E-state index >= 15 is 0 Å². The minimum Gasteiger partial charge on any atom is -0.444 e. The van der Waals surface area contributed by atoms with Gasteiger partial charge in [0, 0.05) is 32.1 Å². The highest BCUT2D eigenvalue weighted by Gasteiger charge is 2.43. The van der Waals surface area contributed by atoms with Crippen LogP contribution in [0.2, 0.25) is 0 Å². The molecule has 0 unspecified atom stereocenters. The molecule has 0 radical (unpaired) electrons. The lowest BCUT2D eigenvalue weighted by molar-refractivity contribution is 0.00179. The number of oxime groups is 1. The minimum absolute atomic E-state index is 0.177. The first-order valence-corrected chi connectivity index (χ1v) is 11.8. The summed E-state index contributed by atoms with van der Waals surface area (Å²) in [7, 11) is 0. The van der Waals surface area contributed by atoms with Crippen molar-refractivity contribution in [3.05, 3.63) is 35.6 Å². The first-order valence-electron chi connectivity index (χ1n) is 11.8. The first kappa shape index (κ1) is 25.0. The number of piperidine rings is 2. The first-order chi connectivity index (χ1) is 15.7. The Morgan fingerprint density at radius 2 is 1.79 bits per heavy atom. The molecule has 2 saturated heterocycles. The normalized spacial score (nSPS) is 20.2. The molecule has 0 N–H and O–H groups in total. The van der Waals surface area contributed by atoms with E-state index in [1.54, 1.807) is 17.0 Å². The van der Waals surface area contributed by atoms with E-state index in [1.807, 2.05) is 27.7 Å². The van der Waals surface area contributed by atoms with Crippen LogP contribution in [0.25, 0.3) is 0 Å². The second kappa shape index (κ2) is 10.5. The van der Waals surface area contributed by atoms with Gasteiger partial charge < -0.3 is 14.5 Å². The summed E-state index contributed by atoms with van der Waals surface area (Å²) in [5.74, 6) is -0.103. The van der Waals surface area contributed by atoms with E-state index in [1.165, 1.54) is 12.1 Å². The van der Waals surface area contributed by atoms with Gasteiger partial charge in [-0.15, -0.1) is 0 Å². The molecule has 1 aromatic rings. The molecule has 8 heteroatoms. The third-order valence-electron chi connectivity index (χ3n) is 6.37. The molecule has 180 valence electrons. The summed E-state index contributed by atoms with van der Waals surface area (Å²) >= 11 is 0. The Bertz CT molecular complexity index is 872. The molecular formula is C25H35FN4O3. The van der Waals surface area contributed by atoms with Crippen molar-refractivity contribution in [3.63, 3.8) is 0 Å². The van der Waals surface area contributed by atoms with Crippen LogP contribution in [0.5, 0.6) is 0 Å². The molecule has 2 aliphatic heterocycles. The van der Waals surface area contributed by atoms with E-state index in [9.17, 15) is 14.4 Å². The number of nitriles is 1. The molecule has 3 rings (SSSR count). The average molecular weight is 459 g/mol. The molecule has 2 aliphatic rings. The van der Waals surface area contributed by atoms with Crippen molar-refractivity contribution in [2.75, 3.05) is 32.8 Å². The van der Waals surface area contributed by atoms with Crippen LogP contribution >= 0.6 is 0 Å². The van der Waals surface area contributed by atoms with Crippen LogP contribution < -0.4 is 0 Å². The third-order valence-corrected chi connectivity index (χ3v) is 6.37. The standard InChI is InChI=1S/C25H35FN4O3/c1-5-32-28-22(19-6-8-21(26)9-7-19)20-10-14-30(15-11-20)25(18-27)12-16-29(17-13-25)23(31)33-24(2,3)4/h6-9,20H,5,10-17H2,1-4H3/b28-22+. The number of carbonyl (C=O) groups is 1. The monoisotopic (exact) mass is 458 g/mol. The molecule has 2 heterocycles. The smallest absolute Gasteiger partial charge is 0.410 e. The van der Waals surface area contributed by atoms with Crippen molar-refractivity contribution >= 4 is 11.8 Å². The Balaban J connectivity index is 1.63. The zero-order chi connectivity index (χ0) is 24.1. The van der Waals surface area contributed by atoms with Crippen LogP contribution in [0, 0.1) is 23.1 Å². The van der Waals surface area contributed by atoms with Gasteiger partial charge in [-0.2, -0.15) is 5.26 Å². The lowest BCUT2D eigenvalue weighted by Crippen LogP contribution is -2.58. The fourth-order valence-corrected chi connectivity index (χ4v) is 4.58. The third kappa shape index (κ3) is 6.23. The maximum absolute atomic E-state index is 13.4. The van der Waals surface area contributed by atoms with Crippen LogP contribution in [-0.4, -0.2) is 65.5 Å². The second-order valence-electron chi connectivity index (χ2n) is 9.77. The highest BCUT2D eigenvalue weighted by atomic mass is 19.1. The van der Waals surface area contributed by atoms with Crippen molar-refractivity contribution in [2.45, 2.75) is 64.5 Å². The maximum atomic E-state index is 13.4. The summed E-state index contributed by atoms with van der Waals surface area (Å²) in [6.45, 7) is 10.5. The second-order valence-corrected chi connectivity index (χ2v) is 9.77. The number of likely N-dealkylation sites (tertiary alicyclic amines) is 2. The van der Waals surface area contributed by atoms with Crippen LogP contribution in [0.3, 0.4) is 0 Å². The van der Waals surface area contributed by atoms with Crippen LogP contribution in [-0.2, 0) is 9.57 Å². The lowest BCUT2D eigenvalue weighted by atomic mass is 9.82. The van der Waals surface area contributed by atoms with E-state index in [0.717, 1.165) is 37.2 Å². The van der Waals surface area contributed by atoms with Crippen LogP contribution in [0.1, 0.15) is 58.9 Å². The number of ether oxygens (including phenoxy) is 1. The molecule has 33 heavy (non-hydrogen) atoms. The number of rotatable bonds is 5. The Labute approximate surface area is 196 Å². The van der Waals surface area contributed by atoms with Gasteiger partial charge in [-0.3, -0.25) is 4.90 Å². The van der Waals surface area contributed by atoms with Gasteiger partial charge in [0.15, 0.2) is 0 Å². The average Bonchev–Trinajstić information content (AvgIpc) is 2.80. The molecule has 0 aliphatic carbocycles. The van der Waals surface area contributed by atoms with Gasteiger partial charge in [-0.25, -0.2) is 9.18 Å². The topological polar surface area (TPSA) is 78.2 Å². The van der Waals surface area contributed by atoms with E-state index in [-0.39, 0.29) is 17.8 Å². The van der Waals surface area contributed by atoms with Gasteiger partial charge >= 0.3 is 6.09 Å². The van der Waals surface area contributed by atoms with Crippen molar-refractivity contribution in [1.82, 2.24) is 9.80 Å². The number of nitrogens with zero attached hydrogens (tertiary/aromatic N) is 4. The minimum atomic E-state index is -0.573. The van der Waals surface area contributed by atoms with E-state index in [2.05, 4.69) is 16.1 Å². The predicted molar refractivity (Wildman–Crippen MR) is 124 cm³/mol. The van der Waals surface area contributed by atoms with Crippen molar-refractivity contribution < 1.29 is 18.8 Å². The number of halogens is 1. The summed E-state index contributed by atoms with van der Waals surface area (Å²) in [6, 6.07) is 8.92. The molecule has 0 saturated carbocycles. The zero-order valence-electron chi connectivity index (χ0n) is 20.1. The largest absolute Gasteiger partial charge is 0.444 e. The molecule has 0 bridgehead atoms. The van der Waals surface area contributed by atoms with Gasteiger partial charge in [0.1, 0.15) is 23.6 Å². The molecule has 1 aromatic carbocycles. The van der Waals surface area contributed by atoms with Crippen LogP contribution in [0.4, 0.5) is 9.18 Å². The van der Waals surface area contributed by atoms with Gasteiger partial charge in [0.25, 0.3) is 0 Å². The summed E-state index contributed by atoms with van der Waals surface area (Å²) < 4.78 is 18.9. The Hall–Kier alpha value is -2.66. The highest BCUT2D eigenvalue weighted by molar-refractivity contribution is 6.02. The maximum Gasteiger partial charge on any atom is 0.410 e. The van der Waals surface area contributed by atoms with Crippen molar-refractivity contribution in [1.29, 1.82) is 5.26 Å². The molecule has 2 fully saturated rings. The summed E-state index contributed by atoms with van der Waals surface area (Å²) in [6.07, 6.45) is 2.56. The van der Waals surface area contributed by atoms with E-state index in [4.69, 9.17) is 9.57 Å². The fraction of sp³-hybridized carbons (Fsp3) is 0.640. The zero-order valence-corrected chi connectivity index (χ0v) is 20.1. The molecular weight excluding hydrogens is 423 g/mol. The highest BCUT2D eigenvalue weighted by Crippen LogP contribution is 2.34. The summed E-state index contributed by atoms with van der Waals surface area (Å²) in [5.41, 5.74) is 0.594. The Morgan fingerprint density at radius 3 is 2.30 bits per heavy atom. The molecule has 1 amide bonds. The Kier molecular flexibility index (Phi) is 7.96. The number of hydrogen-bond acceptors (Lipinski definition) is 6. The molecule has 0 spiro atoms. The fourth-order valence-electron chi connectivity index (χ4n) is 4.58. The number of carbonyl (C=O) groups excluding carboxylic acids is 1. The van der Waals surface area contributed by atoms with Crippen molar-refractivity contribution in [3.8, 4) is 6.07 Å². The van der Waals surface area contributed by atoms with E-state index < -0.39 is 11.1 Å². The van der Waals surface area contributed by atoms with Gasteiger partial charge in [0.05, 0.1) is 11.8 Å². The van der Waals surface area contributed by atoms with Gasteiger partial charge in [-0.05, 0) is 71.1 Å². The van der Waals surface area contributed by atoms with Crippen molar-refractivity contribution in [2.24, 2.45) is 11.1 Å². The van der Waals surface area contributed by atoms with Gasteiger partial charge in [0.2, 0.25) is 0 Å². The Morgan fingerprint density at radius 1 is 1.18 bits per heavy atom. The SMILES string of the molecule is CCO/N=C(\c1ccc(F)cc1)C1CCN(C2(C#N)CCN(C(=O)OC(C)(C)C)CC2)CC1. The summed E-state index contributed by atoms with van der Waals surface area (Å²) in [4.78, 5) is 21.7. The number of benzene rings is 1. The lowest BCUT2D eigenvalue weighted by Gasteiger charge is -2.47. The van der Waals surface area contributed by atoms with Crippen LogP contribution in [0.15, 0.2) is 29.4 Å². The molecule has 0 atom stereocenters. The van der Waals surface area contributed by atoms with E-state index in [0.29, 0.717) is 32.5 Å². The predicted octanol–water partition coefficient (Wildman–Crippen LogP) is 4.57. The summed E-state index contributed by atoms with van der Waals surface area (Å²) in [5, 5.41) is 14.4.